The van der Waals surface area contributed by atoms with Crippen molar-refractivity contribution < 1.29 is 17.9 Å². The number of hydrogen-bond acceptors (Lipinski definition) is 3. The van der Waals surface area contributed by atoms with Crippen molar-refractivity contribution >= 4 is 0 Å². The van der Waals surface area contributed by atoms with E-state index in [1.807, 2.05) is 12.2 Å². The zero-order chi connectivity index (χ0) is 16.4. The maximum atomic E-state index is 12.1. The van der Waals surface area contributed by atoms with Gasteiger partial charge in [0.15, 0.2) is 5.41 Å². The second-order valence-corrected chi connectivity index (χ2v) is 5.20. The third-order valence-electron chi connectivity index (χ3n) is 4.01. The molecule has 0 N–H and O–H groups in total. The molecule has 0 radical (unpaired) electrons. The summed E-state index contributed by atoms with van der Waals surface area (Å²) < 4.78 is 40.2. The number of rotatable bonds is 4. The zero-order valence-electron chi connectivity index (χ0n) is 11.8. The Bertz CT molecular complexity index is 636. The summed E-state index contributed by atoms with van der Waals surface area (Å²) in [4.78, 5) is 0. The number of alkyl halides is 3. The third kappa shape index (κ3) is 2.92. The van der Waals surface area contributed by atoms with Crippen molar-refractivity contribution in [2.75, 3.05) is 0 Å². The topological polar surface area (TPSA) is 56.8 Å². The van der Waals surface area contributed by atoms with Crippen molar-refractivity contribution in [2.45, 2.75) is 25.6 Å². The second-order valence-electron chi connectivity index (χ2n) is 5.20. The molecule has 2 rings (SSSR count). The molecule has 0 saturated heterocycles. The van der Waals surface area contributed by atoms with Crippen LogP contribution in [0.5, 0.6) is 5.75 Å². The average Bonchev–Trinajstić information content (AvgIpc) is 2.41. The Morgan fingerprint density at radius 2 is 1.73 bits per heavy atom. The van der Waals surface area contributed by atoms with E-state index in [1.54, 1.807) is 6.92 Å². The molecule has 6 heteroatoms. The molecule has 3 nitrogen and oxygen atoms in total. The van der Waals surface area contributed by atoms with Gasteiger partial charge in [-0.05, 0) is 24.1 Å². The molecular formula is C16H13F3N2O. The van der Waals surface area contributed by atoms with E-state index in [-0.39, 0.29) is 11.7 Å². The van der Waals surface area contributed by atoms with Crippen molar-refractivity contribution in [1.82, 2.24) is 0 Å². The Kier molecular flexibility index (Phi) is 4.14. The minimum atomic E-state index is -4.74. The van der Waals surface area contributed by atoms with E-state index in [4.69, 9.17) is 0 Å². The number of hydrogen-bond donors (Lipinski definition) is 0. The average molecular weight is 306 g/mol. The van der Waals surface area contributed by atoms with Crippen LogP contribution in [0.1, 0.15) is 24.8 Å². The van der Waals surface area contributed by atoms with Gasteiger partial charge in [-0.3, -0.25) is 0 Å². The number of nitrogens with zero attached hydrogens (tertiary/aromatic N) is 2. The third-order valence-corrected chi connectivity index (χ3v) is 4.01. The van der Waals surface area contributed by atoms with Gasteiger partial charge in [0, 0.05) is 11.8 Å². The lowest BCUT2D eigenvalue weighted by atomic mass is 9.63. The molecule has 2 atom stereocenters. The highest BCUT2D eigenvalue weighted by atomic mass is 19.4. The van der Waals surface area contributed by atoms with Gasteiger partial charge in [-0.2, -0.15) is 10.5 Å². The molecule has 114 valence electrons. The predicted octanol–water partition coefficient (Wildman–Crippen LogP) is 4.30. The number of nitriles is 2. The molecule has 0 aromatic heterocycles. The van der Waals surface area contributed by atoms with Crippen molar-refractivity contribution in [3.05, 3.63) is 42.0 Å². The summed E-state index contributed by atoms with van der Waals surface area (Å²) in [6.07, 6.45) is -0.376. The van der Waals surface area contributed by atoms with Crippen molar-refractivity contribution in [2.24, 2.45) is 11.3 Å². The molecule has 22 heavy (non-hydrogen) atoms. The number of allylic oxidation sites excluding steroid dienone is 2. The van der Waals surface area contributed by atoms with Crippen LogP contribution in [0.2, 0.25) is 0 Å². The lowest BCUT2D eigenvalue weighted by Crippen LogP contribution is -2.34. The van der Waals surface area contributed by atoms with E-state index >= 15 is 0 Å². The van der Waals surface area contributed by atoms with Crippen LogP contribution in [-0.2, 0) is 0 Å². The van der Waals surface area contributed by atoms with Gasteiger partial charge in [-0.15, -0.1) is 13.2 Å². The molecule has 1 aliphatic rings. The zero-order valence-corrected chi connectivity index (χ0v) is 11.8. The van der Waals surface area contributed by atoms with Gasteiger partial charge in [0.2, 0.25) is 0 Å². The SMILES string of the molecule is CC(c1ccc(OC(F)(F)F)cc1)C(C#N)(C#N)C1C=CC1. The first-order chi connectivity index (χ1) is 10.3. The molecule has 0 amide bonds. The maximum absolute atomic E-state index is 12.1. The van der Waals surface area contributed by atoms with Gasteiger partial charge < -0.3 is 4.74 Å². The standard InChI is InChI=1S/C16H13F3N2O/c1-11(15(9-20,10-21)13-3-2-4-13)12-5-7-14(8-6-12)22-16(17,18)19/h2-3,5-8,11,13H,4H2,1H3. The lowest BCUT2D eigenvalue weighted by Gasteiger charge is -2.35. The van der Waals surface area contributed by atoms with Gasteiger partial charge in [-0.25, -0.2) is 0 Å². The Morgan fingerprint density at radius 3 is 2.09 bits per heavy atom. The summed E-state index contributed by atoms with van der Waals surface area (Å²) in [6.45, 7) is 1.73. The summed E-state index contributed by atoms with van der Waals surface area (Å²) in [6, 6.07) is 9.48. The molecule has 1 aromatic rings. The smallest absolute Gasteiger partial charge is 0.406 e. The highest BCUT2D eigenvalue weighted by Gasteiger charge is 2.45. The van der Waals surface area contributed by atoms with Crippen molar-refractivity contribution in [3.63, 3.8) is 0 Å². The first-order valence-corrected chi connectivity index (χ1v) is 6.67. The lowest BCUT2D eigenvalue weighted by molar-refractivity contribution is -0.274. The number of benzene rings is 1. The summed E-state index contributed by atoms with van der Waals surface area (Å²) in [5, 5.41) is 18.9. The summed E-state index contributed by atoms with van der Waals surface area (Å²) in [5.41, 5.74) is -0.598. The molecule has 0 spiro atoms. The monoisotopic (exact) mass is 306 g/mol. The second kappa shape index (κ2) is 5.73. The van der Waals surface area contributed by atoms with Crippen LogP contribution in [0.4, 0.5) is 13.2 Å². The van der Waals surface area contributed by atoms with Gasteiger partial charge in [0.25, 0.3) is 0 Å². The van der Waals surface area contributed by atoms with Crippen molar-refractivity contribution in [3.8, 4) is 17.9 Å². The van der Waals surface area contributed by atoms with Crippen LogP contribution in [-0.4, -0.2) is 6.36 Å². The molecule has 0 bridgehead atoms. The Balaban J connectivity index is 2.25. The quantitative estimate of drug-likeness (QED) is 0.779. The highest BCUT2D eigenvalue weighted by Crippen LogP contribution is 2.46. The fourth-order valence-electron chi connectivity index (χ4n) is 2.54. The van der Waals surface area contributed by atoms with Gasteiger partial charge in [0.1, 0.15) is 5.75 Å². The summed E-state index contributed by atoms with van der Waals surface area (Å²) in [5.74, 6) is -0.924. The van der Waals surface area contributed by atoms with Gasteiger partial charge in [-0.1, -0.05) is 31.2 Å². The van der Waals surface area contributed by atoms with E-state index in [1.165, 1.54) is 24.3 Å². The van der Waals surface area contributed by atoms with Crippen molar-refractivity contribution in [1.29, 1.82) is 10.5 Å². The van der Waals surface area contributed by atoms with Crippen LogP contribution < -0.4 is 4.74 Å². The molecule has 0 heterocycles. The Hall–Kier alpha value is -2.47. The summed E-state index contributed by atoms with van der Waals surface area (Å²) >= 11 is 0. The predicted molar refractivity (Wildman–Crippen MR) is 72.4 cm³/mol. The number of ether oxygens (including phenoxy) is 1. The molecule has 1 aromatic carbocycles. The van der Waals surface area contributed by atoms with Gasteiger partial charge in [0.05, 0.1) is 12.1 Å². The van der Waals surface area contributed by atoms with Crippen LogP contribution in [0, 0.1) is 34.0 Å². The minimum absolute atomic E-state index is 0.163. The van der Waals surface area contributed by atoms with E-state index in [9.17, 15) is 23.7 Å². The fourth-order valence-corrected chi connectivity index (χ4v) is 2.54. The first-order valence-electron chi connectivity index (χ1n) is 6.67. The molecule has 2 unspecified atom stereocenters. The molecule has 0 fully saturated rings. The van der Waals surface area contributed by atoms with E-state index in [0.717, 1.165) is 0 Å². The van der Waals surface area contributed by atoms with E-state index in [2.05, 4.69) is 16.9 Å². The maximum Gasteiger partial charge on any atom is 0.573 e. The van der Waals surface area contributed by atoms with Gasteiger partial charge >= 0.3 is 6.36 Å². The van der Waals surface area contributed by atoms with E-state index in [0.29, 0.717) is 12.0 Å². The highest BCUT2D eigenvalue weighted by molar-refractivity contribution is 5.37. The molecule has 1 aliphatic carbocycles. The first kappa shape index (κ1) is 15.9. The largest absolute Gasteiger partial charge is 0.573 e. The normalized spacial score (nSPS) is 18.7. The summed E-state index contributed by atoms with van der Waals surface area (Å²) in [7, 11) is 0. The van der Waals surface area contributed by atoms with Crippen LogP contribution >= 0.6 is 0 Å². The Labute approximate surface area is 126 Å². The Morgan fingerprint density at radius 1 is 1.18 bits per heavy atom. The van der Waals surface area contributed by atoms with Crippen LogP contribution in [0.15, 0.2) is 36.4 Å². The minimum Gasteiger partial charge on any atom is -0.406 e. The molecule has 0 saturated carbocycles. The van der Waals surface area contributed by atoms with Crippen LogP contribution in [0.3, 0.4) is 0 Å². The number of halogens is 3. The van der Waals surface area contributed by atoms with E-state index < -0.39 is 17.7 Å². The molecule has 0 aliphatic heterocycles. The molecular weight excluding hydrogens is 293 g/mol. The van der Waals surface area contributed by atoms with Crippen LogP contribution in [0.25, 0.3) is 0 Å². The fraction of sp³-hybridized carbons (Fsp3) is 0.375.